The number of carbonyl (C=O) groups is 2. The van der Waals surface area contributed by atoms with Crippen LogP contribution in [-0.2, 0) is 4.79 Å². The quantitative estimate of drug-likeness (QED) is 0.742. The van der Waals surface area contributed by atoms with E-state index in [4.69, 9.17) is 5.11 Å². The van der Waals surface area contributed by atoms with Crippen molar-refractivity contribution in [3.63, 3.8) is 0 Å². The van der Waals surface area contributed by atoms with Crippen LogP contribution in [0.2, 0.25) is 0 Å². The largest absolute Gasteiger partial charge is 0.394 e. The fourth-order valence-corrected chi connectivity index (χ4v) is 1.69. The third-order valence-corrected chi connectivity index (χ3v) is 3.28. The molecule has 116 valence electrons. The molecule has 1 unspecified atom stereocenters. The highest BCUT2D eigenvalue weighted by molar-refractivity contribution is 5.94. The van der Waals surface area contributed by atoms with Gasteiger partial charge in [0.2, 0.25) is 5.91 Å². The third-order valence-electron chi connectivity index (χ3n) is 3.28. The van der Waals surface area contributed by atoms with E-state index < -0.39 is 5.82 Å². The van der Waals surface area contributed by atoms with Gasteiger partial charge < -0.3 is 15.3 Å². The Morgan fingerprint density at radius 1 is 1.33 bits per heavy atom. The lowest BCUT2D eigenvalue weighted by Gasteiger charge is -2.23. The van der Waals surface area contributed by atoms with Crippen molar-refractivity contribution in [2.75, 3.05) is 20.2 Å². The molecule has 1 aromatic rings. The number of benzene rings is 1. The number of hydrogen-bond donors (Lipinski definition) is 2. The zero-order valence-corrected chi connectivity index (χ0v) is 12.3. The van der Waals surface area contributed by atoms with Crippen LogP contribution >= 0.6 is 0 Å². The third kappa shape index (κ3) is 5.51. The van der Waals surface area contributed by atoms with Crippen molar-refractivity contribution in [3.05, 3.63) is 35.6 Å². The van der Waals surface area contributed by atoms with Crippen molar-refractivity contribution in [3.8, 4) is 0 Å². The molecule has 0 fully saturated rings. The minimum atomic E-state index is -0.391. The van der Waals surface area contributed by atoms with Gasteiger partial charge >= 0.3 is 0 Å². The van der Waals surface area contributed by atoms with Crippen molar-refractivity contribution in [2.45, 2.75) is 25.8 Å². The maximum absolute atomic E-state index is 12.7. The number of nitrogens with one attached hydrogen (secondary N) is 1. The first kappa shape index (κ1) is 17.1. The average Bonchev–Trinajstić information content (AvgIpc) is 2.50. The minimum Gasteiger partial charge on any atom is -0.394 e. The summed E-state index contributed by atoms with van der Waals surface area (Å²) in [5.74, 6) is -0.759. The number of nitrogens with zero attached hydrogens (tertiary/aromatic N) is 1. The molecule has 2 amide bonds. The van der Waals surface area contributed by atoms with Crippen LogP contribution in [0.15, 0.2) is 24.3 Å². The molecule has 6 heteroatoms. The Kier molecular flexibility index (Phi) is 6.81. The lowest BCUT2D eigenvalue weighted by molar-refractivity contribution is -0.132. The number of halogens is 1. The second-order valence-electron chi connectivity index (χ2n) is 4.90. The monoisotopic (exact) mass is 296 g/mol. The van der Waals surface area contributed by atoms with E-state index in [1.807, 2.05) is 0 Å². The summed E-state index contributed by atoms with van der Waals surface area (Å²) in [6.45, 7) is 2.04. The van der Waals surface area contributed by atoms with Crippen molar-refractivity contribution < 1.29 is 19.1 Å². The smallest absolute Gasteiger partial charge is 0.251 e. The van der Waals surface area contributed by atoms with Gasteiger partial charge in [-0.15, -0.1) is 0 Å². The first-order chi connectivity index (χ1) is 9.95. The summed E-state index contributed by atoms with van der Waals surface area (Å²) >= 11 is 0. The second kappa shape index (κ2) is 8.36. The van der Waals surface area contributed by atoms with E-state index in [0.717, 1.165) is 0 Å². The molecule has 0 spiro atoms. The van der Waals surface area contributed by atoms with Crippen LogP contribution in [0, 0.1) is 5.82 Å². The van der Waals surface area contributed by atoms with Gasteiger partial charge in [0.15, 0.2) is 0 Å². The Hall–Kier alpha value is -1.95. The van der Waals surface area contributed by atoms with Gasteiger partial charge in [0.25, 0.3) is 5.91 Å². The Balaban J connectivity index is 2.29. The van der Waals surface area contributed by atoms with Crippen molar-refractivity contribution >= 4 is 11.8 Å². The van der Waals surface area contributed by atoms with E-state index in [0.29, 0.717) is 24.9 Å². The Morgan fingerprint density at radius 3 is 2.52 bits per heavy atom. The van der Waals surface area contributed by atoms with Crippen molar-refractivity contribution in [1.29, 1.82) is 0 Å². The van der Waals surface area contributed by atoms with Crippen molar-refractivity contribution in [1.82, 2.24) is 10.2 Å². The average molecular weight is 296 g/mol. The Morgan fingerprint density at radius 2 is 1.95 bits per heavy atom. The van der Waals surface area contributed by atoms with Gasteiger partial charge in [-0.3, -0.25) is 9.59 Å². The van der Waals surface area contributed by atoms with Gasteiger partial charge in [-0.2, -0.15) is 0 Å². The fourth-order valence-electron chi connectivity index (χ4n) is 1.69. The molecule has 5 nitrogen and oxygen atoms in total. The van der Waals surface area contributed by atoms with Gasteiger partial charge in [0.05, 0.1) is 12.6 Å². The van der Waals surface area contributed by atoms with Crippen LogP contribution in [0.5, 0.6) is 0 Å². The lowest BCUT2D eigenvalue weighted by atomic mass is 10.2. The van der Waals surface area contributed by atoms with E-state index in [1.165, 1.54) is 29.2 Å². The van der Waals surface area contributed by atoms with E-state index in [2.05, 4.69) is 5.32 Å². The van der Waals surface area contributed by atoms with Crippen LogP contribution < -0.4 is 5.32 Å². The van der Waals surface area contributed by atoms with E-state index in [9.17, 15) is 14.0 Å². The van der Waals surface area contributed by atoms with Crippen molar-refractivity contribution in [2.24, 2.45) is 0 Å². The summed E-state index contributed by atoms with van der Waals surface area (Å²) < 4.78 is 12.7. The predicted octanol–water partition coefficient (Wildman–Crippen LogP) is 1.17. The Bertz CT molecular complexity index is 476. The standard InChI is InChI=1S/C15H21FN2O3/c1-11(10-19)18(2)14(20)4-3-9-17-15(21)12-5-7-13(16)8-6-12/h5-8,11,19H,3-4,9-10H2,1-2H3,(H,17,21). The summed E-state index contributed by atoms with van der Waals surface area (Å²) in [7, 11) is 1.64. The molecule has 1 atom stereocenters. The van der Waals surface area contributed by atoms with Crippen LogP contribution in [0.25, 0.3) is 0 Å². The number of aliphatic hydroxyl groups is 1. The van der Waals surface area contributed by atoms with Gasteiger partial charge in [0.1, 0.15) is 5.82 Å². The molecule has 0 aliphatic heterocycles. The highest BCUT2D eigenvalue weighted by atomic mass is 19.1. The molecule has 0 aliphatic carbocycles. The predicted molar refractivity (Wildman–Crippen MR) is 77.3 cm³/mol. The maximum Gasteiger partial charge on any atom is 0.251 e. The highest BCUT2D eigenvalue weighted by Crippen LogP contribution is 2.03. The van der Waals surface area contributed by atoms with Gasteiger partial charge in [0, 0.05) is 25.6 Å². The molecule has 0 saturated heterocycles. The van der Waals surface area contributed by atoms with E-state index in [1.54, 1.807) is 14.0 Å². The molecule has 1 aromatic carbocycles. The maximum atomic E-state index is 12.7. The number of rotatable bonds is 7. The van der Waals surface area contributed by atoms with Gasteiger partial charge in [-0.05, 0) is 37.6 Å². The molecule has 1 rings (SSSR count). The molecular weight excluding hydrogens is 275 g/mol. The SMILES string of the molecule is CC(CO)N(C)C(=O)CCCNC(=O)c1ccc(F)cc1. The van der Waals surface area contributed by atoms with Crippen LogP contribution in [-0.4, -0.2) is 48.1 Å². The first-order valence-electron chi connectivity index (χ1n) is 6.86. The molecular formula is C15H21FN2O3. The lowest BCUT2D eigenvalue weighted by Crippen LogP contribution is -2.37. The topological polar surface area (TPSA) is 69.6 Å². The molecule has 0 heterocycles. The number of aliphatic hydroxyl groups excluding tert-OH is 1. The number of carbonyl (C=O) groups excluding carboxylic acids is 2. The molecule has 0 aliphatic rings. The molecule has 2 N–H and O–H groups in total. The molecule has 0 bridgehead atoms. The summed E-state index contributed by atoms with van der Waals surface area (Å²) in [6.07, 6.45) is 0.804. The first-order valence-corrected chi connectivity index (χ1v) is 6.86. The normalized spacial score (nSPS) is 11.8. The van der Waals surface area contributed by atoms with Gasteiger partial charge in [-0.25, -0.2) is 4.39 Å². The van der Waals surface area contributed by atoms with Crippen LogP contribution in [0.3, 0.4) is 0 Å². The number of likely N-dealkylation sites (N-methyl/N-ethyl adjacent to an activating group) is 1. The van der Waals surface area contributed by atoms with E-state index >= 15 is 0 Å². The summed E-state index contributed by atoms with van der Waals surface area (Å²) in [5.41, 5.74) is 0.383. The number of hydrogen-bond acceptors (Lipinski definition) is 3. The molecule has 0 aromatic heterocycles. The fraction of sp³-hybridized carbons (Fsp3) is 0.467. The number of amides is 2. The molecule has 21 heavy (non-hydrogen) atoms. The summed E-state index contributed by atoms with van der Waals surface area (Å²) in [6, 6.07) is 5.05. The zero-order chi connectivity index (χ0) is 15.8. The highest BCUT2D eigenvalue weighted by Gasteiger charge is 2.14. The van der Waals surface area contributed by atoms with E-state index in [-0.39, 0.29) is 24.5 Å². The molecule has 0 radical (unpaired) electrons. The van der Waals surface area contributed by atoms with Gasteiger partial charge in [-0.1, -0.05) is 0 Å². The summed E-state index contributed by atoms with van der Waals surface area (Å²) in [4.78, 5) is 25.0. The van der Waals surface area contributed by atoms with Crippen LogP contribution in [0.4, 0.5) is 4.39 Å². The zero-order valence-electron chi connectivity index (χ0n) is 12.3. The summed E-state index contributed by atoms with van der Waals surface area (Å²) in [5, 5.41) is 11.6. The molecule has 0 saturated carbocycles. The second-order valence-corrected chi connectivity index (χ2v) is 4.90. The van der Waals surface area contributed by atoms with Crippen LogP contribution in [0.1, 0.15) is 30.1 Å². The Labute approximate surface area is 123 Å². The minimum absolute atomic E-state index is 0.0763.